The second-order valence-corrected chi connectivity index (χ2v) is 6.12. The van der Waals surface area contributed by atoms with Crippen LogP contribution in [0.2, 0.25) is 0 Å². The van der Waals surface area contributed by atoms with Gasteiger partial charge in [-0.3, -0.25) is 4.79 Å². The van der Waals surface area contributed by atoms with E-state index in [9.17, 15) is 9.90 Å². The van der Waals surface area contributed by atoms with Crippen molar-refractivity contribution in [2.45, 2.75) is 44.4 Å². The van der Waals surface area contributed by atoms with Crippen LogP contribution in [0.5, 0.6) is 5.75 Å². The van der Waals surface area contributed by atoms with Crippen LogP contribution < -0.4 is 10.1 Å². The molecule has 1 aliphatic carbocycles. The summed E-state index contributed by atoms with van der Waals surface area (Å²) in [6.07, 6.45) is 3.00. The molecule has 1 heterocycles. The summed E-state index contributed by atoms with van der Waals surface area (Å²) in [5.74, 6) is 1.03. The monoisotopic (exact) mass is 340 g/mol. The summed E-state index contributed by atoms with van der Waals surface area (Å²) in [6.45, 7) is 0.186. The highest BCUT2D eigenvalue weighted by atomic mass is 16.5. The number of hydrogen-bond donors (Lipinski definition) is 2. The normalized spacial score (nSPS) is 19.8. The van der Waals surface area contributed by atoms with Gasteiger partial charge in [-0.25, -0.2) is 0 Å². The fourth-order valence-electron chi connectivity index (χ4n) is 2.88. The topological polar surface area (TPSA) is 95.5 Å². The number of rotatable bonds is 5. The van der Waals surface area contributed by atoms with Gasteiger partial charge in [0.25, 0.3) is 5.91 Å². The number of nitriles is 1. The molecule has 0 saturated heterocycles. The lowest BCUT2D eigenvalue weighted by atomic mass is 9.92. The standard InChI is InChI=1S/C19H20N2O4/c20-11-13-5-7-14(8-6-13)24-12-15-9-10-18(25-15)19(23)21-16-3-1-2-4-17(16)22/h5-10,16-17,22H,1-4,12H2,(H,21,23). The molecule has 1 fully saturated rings. The summed E-state index contributed by atoms with van der Waals surface area (Å²) in [4.78, 5) is 12.2. The van der Waals surface area contributed by atoms with E-state index < -0.39 is 6.10 Å². The fourth-order valence-corrected chi connectivity index (χ4v) is 2.88. The van der Waals surface area contributed by atoms with E-state index in [1.54, 1.807) is 36.4 Å². The minimum Gasteiger partial charge on any atom is -0.486 e. The predicted molar refractivity (Wildman–Crippen MR) is 89.9 cm³/mol. The van der Waals surface area contributed by atoms with Gasteiger partial charge in [-0.1, -0.05) is 12.8 Å². The number of aliphatic hydroxyl groups excluding tert-OH is 1. The molecule has 2 atom stereocenters. The van der Waals surface area contributed by atoms with Crippen LogP contribution in [0, 0.1) is 11.3 Å². The van der Waals surface area contributed by atoms with Crippen molar-refractivity contribution in [1.82, 2.24) is 5.32 Å². The van der Waals surface area contributed by atoms with Crippen molar-refractivity contribution in [3.8, 4) is 11.8 Å². The van der Waals surface area contributed by atoms with Crippen molar-refractivity contribution in [2.24, 2.45) is 0 Å². The zero-order valence-electron chi connectivity index (χ0n) is 13.8. The molecule has 2 aromatic rings. The first-order valence-electron chi connectivity index (χ1n) is 8.36. The van der Waals surface area contributed by atoms with Crippen LogP contribution in [0.15, 0.2) is 40.8 Å². The number of carbonyl (C=O) groups is 1. The Morgan fingerprint density at radius 1 is 1.24 bits per heavy atom. The Kier molecular flexibility index (Phi) is 5.36. The van der Waals surface area contributed by atoms with Crippen LogP contribution in [-0.2, 0) is 6.61 Å². The van der Waals surface area contributed by atoms with E-state index in [-0.39, 0.29) is 24.3 Å². The second kappa shape index (κ2) is 7.86. The third kappa shape index (κ3) is 4.40. The largest absolute Gasteiger partial charge is 0.486 e. The number of furan rings is 1. The molecule has 2 unspecified atom stereocenters. The molecule has 0 aliphatic heterocycles. The number of aliphatic hydroxyl groups is 1. The smallest absolute Gasteiger partial charge is 0.287 e. The Morgan fingerprint density at radius 2 is 2.00 bits per heavy atom. The van der Waals surface area contributed by atoms with Crippen LogP contribution in [-0.4, -0.2) is 23.2 Å². The van der Waals surface area contributed by atoms with E-state index in [0.29, 0.717) is 23.5 Å². The van der Waals surface area contributed by atoms with Gasteiger partial charge < -0.3 is 19.6 Å². The summed E-state index contributed by atoms with van der Waals surface area (Å²) in [5, 5.41) is 21.5. The van der Waals surface area contributed by atoms with Crippen molar-refractivity contribution in [1.29, 1.82) is 5.26 Å². The molecule has 0 radical (unpaired) electrons. The van der Waals surface area contributed by atoms with Gasteiger partial charge in [0.15, 0.2) is 5.76 Å². The second-order valence-electron chi connectivity index (χ2n) is 6.12. The average Bonchev–Trinajstić information content (AvgIpc) is 3.11. The Morgan fingerprint density at radius 3 is 2.72 bits per heavy atom. The molecule has 2 N–H and O–H groups in total. The molecule has 25 heavy (non-hydrogen) atoms. The highest BCUT2D eigenvalue weighted by molar-refractivity contribution is 5.91. The van der Waals surface area contributed by atoms with Crippen molar-refractivity contribution < 1.29 is 19.1 Å². The molecule has 0 bridgehead atoms. The summed E-state index contributed by atoms with van der Waals surface area (Å²) < 4.78 is 11.1. The molecular formula is C19H20N2O4. The van der Waals surface area contributed by atoms with E-state index >= 15 is 0 Å². The van der Waals surface area contributed by atoms with Crippen LogP contribution >= 0.6 is 0 Å². The van der Waals surface area contributed by atoms with Gasteiger partial charge >= 0.3 is 0 Å². The molecule has 1 amide bonds. The van der Waals surface area contributed by atoms with Crippen LogP contribution in [0.4, 0.5) is 0 Å². The molecule has 130 valence electrons. The van der Waals surface area contributed by atoms with Gasteiger partial charge in [0.05, 0.1) is 23.8 Å². The van der Waals surface area contributed by atoms with E-state index in [1.807, 2.05) is 6.07 Å². The van der Waals surface area contributed by atoms with Crippen LogP contribution in [0.3, 0.4) is 0 Å². The number of nitrogens with zero attached hydrogens (tertiary/aromatic N) is 1. The highest BCUT2D eigenvalue weighted by Gasteiger charge is 2.25. The summed E-state index contributed by atoms with van der Waals surface area (Å²) in [7, 11) is 0. The molecule has 1 aromatic heterocycles. The summed E-state index contributed by atoms with van der Waals surface area (Å²) in [5.41, 5.74) is 0.564. The maximum Gasteiger partial charge on any atom is 0.287 e. The lowest BCUT2D eigenvalue weighted by molar-refractivity contribution is 0.0695. The number of benzene rings is 1. The van der Waals surface area contributed by atoms with Gasteiger partial charge in [0, 0.05) is 0 Å². The lowest BCUT2D eigenvalue weighted by Crippen LogP contribution is -2.44. The average molecular weight is 340 g/mol. The number of hydrogen-bond acceptors (Lipinski definition) is 5. The Labute approximate surface area is 146 Å². The number of amides is 1. The van der Waals surface area contributed by atoms with E-state index in [4.69, 9.17) is 14.4 Å². The minimum absolute atomic E-state index is 0.186. The maximum atomic E-state index is 12.2. The molecule has 0 spiro atoms. The molecule has 3 rings (SSSR count). The SMILES string of the molecule is N#Cc1ccc(OCc2ccc(C(=O)NC3CCCCC3O)o2)cc1. The zero-order chi connectivity index (χ0) is 17.6. The third-order valence-electron chi connectivity index (χ3n) is 4.30. The summed E-state index contributed by atoms with van der Waals surface area (Å²) in [6, 6.07) is 11.9. The van der Waals surface area contributed by atoms with Gasteiger partial charge in [0.1, 0.15) is 18.1 Å². The lowest BCUT2D eigenvalue weighted by Gasteiger charge is -2.27. The quantitative estimate of drug-likeness (QED) is 0.872. The van der Waals surface area contributed by atoms with E-state index in [1.165, 1.54) is 0 Å². The predicted octanol–water partition coefficient (Wildman–Crippen LogP) is 2.76. The van der Waals surface area contributed by atoms with Gasteiger partial charge in [-0.2, -0.15) is 5.26 Å². The van der Waals surface area contributed by atoms with Crippen LogP contribution in [0.1, 0.15) is 47.6 Å². The Hall–Kier alpha value is -2.78. The molecular weight excluding hydrogens is 320 g/mol. The Bertz CT molecular complexity index is 760. The first kappa shape index (κ1) is 17.1. The Balaban J connectivity index is 1.54. The van der Waals surface area contributed by atoms with Crippen molar-refractivity contribution >= 4 is 5.91 Å². The van der Waals surface area contributed by atoms with Crippen molar-refractivity contribution in [3.05, 3.63) is 53.5 Å². The molecule has 1 aliphatic rings. The van der Waals surface area contributed by atoms with Crippen molar-refractivity contribution in [2.75, 3.05) is 0 Å². The van der Waals surface area contributed by atoms with Gasteiger partial charge in [0.2, 0.25) is 0 Å². The molecule has 6 nitrogen and oxygen atoms in total. The number of carbonyl (C=O) groups excluding carboxylic acids is 1. The zero-order valence-corrected chi connectivity index (χ0v) is 13.8. The number of ether oxygens (including phenoxy) is 1. The molecule has 1 aromatic carbocycles. The maximum absolute atomic E-state index is 12.2. The van der Waals surface area contributed by atoms with Gasteiger partial charge in [-0.15, -0.1) is 0 Å². The first-order valence-corrected chi connectivity index (χ1v) is 8.36. The van der Waals surface area contributed by atoms with Crippen LogP contribution in [0.25, 0.3) is 0 Å². The van der Waals surface area contributed by atoms with Crippen molar-refractivity contribution in [3.63, 3.8) is 0 Å². The minimum atomic E-state index is -0.494. The first-order chi connectivity index (χ1) is 12.2. The van der Waals surface area contributed by atoms with E-state index in [0.717, 1.165) is 19.3 Å². The number of nitrogens with one attached hydrogen (secondary N) is 1. The fraction of sp³-hybridized carbons (Fsp3) is 0.368. The molecule has 6 heteroatoms. The van der Waals surface area contributed by atoms with E-state index in [2.05, 4.69) is 5.32 Å². The molecule has 1 saturated carbocycles. The third-order valence-corrected chi connectivity index (χ3v) is 4.30. The van der Waals surface area contributed by atoms with Gasteiger partial charge in [-0.05, 0) is 49.2 Å². The summed E-state index contributed by atoms with van der Waals surface area (Å²) >= 11 is 0. The highest BCUT2D eigenvalue weighted by Crippen LogP contribution is 2.19.